The smallest absolute Gasteiger partial charge is 0.120 e. The van der Waals surface area contributed by atoms with Crippen LogP contribution in [0, 0.1) is 0 Å². The van der Waals surface area contributed by atoms with Gasteiger partial charge >= 0.3 is 0 Å². The molecule has 0 radical (unpaired) electrons. The number of hydrogen-bond acceptors (Lipinski definition) is 3. The lowest BCUT2D eigenvalue weighted by molar-refractivity contribution is 0.316. The van der Waals surface area contributed by atoms with Gasteiger partial charge in [-0.2, -0.15) is 0 Å². The maximum absolute atomic E-state index is 10.6. The molecule has 0 fully saturated rings. The van der Waals surface area contributed by atoms with Gasteiger partial charge in [0.1, 0.15) is 5.75 Å². The van der Waals surface area contributed by atoms with E-state index in [4.69, 9.17) is 4.74 Å². The van der Waals surface area contributed by atoms with Gasteiger partial charge in [-0.3, -0.25) is 4.21 Å². The summed E-state index contributed by atoms with van der Waals surface area (Å²) in [6.07, 6.45) is 0.907. The molecule has 13 heavy (non-hydrogen) atoms. The predicted octanol–water partition coefficient (Wildman–Crippen LogP) is 1.71. The summed E-state index contributed by atoms with van der Waals surface area (Å²) in [5.74, 6) is 0.601. The summed E-state index contributed by atoms with van der Waals surface area (Å²) in [6.45, 7) is 2.60. The molecule has 0 spiro atoms. The van der Waals surface area contributed by atoms with E-state index in [9.17, 15) is 8.76 Å². The first-order chi connectivity index (χ1) is 6.24. The van der Waals surface area contributed by atoms with Crippen LogP contribution in [0.5, 0.6) is 5.75 Å². The highest BCUT2D eigenvalue weighted by Crippen LogP contribution is 2.15. The van der Waals surface area contributed by atoms with E-state index in [0.717, 1.165) is 6.42 Å². The Morgan fingerprint density at radius 3 is 2.92 bits per heavy atom. The summed E-state index contributed by atoms with van der Waals surface area (Å²) >= 11 is -2.17. The molecule has 72 valence electrons. The molecular weight excluding hydrogens is 188 g/mol. The predicted molar refractivity (Wildman–Crippen MR) is 49.4 cm³/mol. The van der Waals surface area contributed by atoms with Crippen molar-refractivity contribution in [2.45, 2.75) is 18.2 Å². The Labute approximate surface area is 80.0 Å². The summed E-state index contributed by atoms with van der Waals surface area (Å²) in [4.78, 5) is 0.258. The first kappa shape index (κ1) is 10.2. The van der Waals surface area contributed by atoms with Crippen LogP contribution >= 0.6 is 0 Å². The van der Waals surface area contributed by atoms with Crippen LogP contribution in [0.25, 0.3) is 0 Å². The van der Waals surface area contributed by atoms with Crippen molar-refractivity contribution >= 4 is 11.1 Å². The molecule has 1 aromatic rings. The maximum atomic E-state index is 10.6. The van der Waals surface area contributed by atoms with E-state index < -0.39 is 11.1 Å². The molecule has 1 aromatic carbocycles. The first-order valence-electron chi connectivity index (χ1n) is 4.06. The molecule has 0 aliphatic carbocycles. The molecule has 0 aliphatic rings. The monoisotopic (exact) mass is 199 g/mol. The van der Waals surface area contributed by atoms with Gasteiger partial charge in [0, 0.05) is 4.90 Å². The van der Waals surface area contributed by atoms with Crippen molar-refractivity contribution in [3.63, 3.8) is 0 Å². The summed E-state index contributed by atoms with van der Waals surface area (Å²) < 4.78 is 26.4. The Hall–Kier alpha value is -0.870. The highest BCUT2D eigenvalue weighted by Gasteiger charge is 1.95. The molecule has 0 amide bonds. The highest BCUT2D eigenvalue weighted by molar-refractivity contribution is 7.79. The molecule has 0 saturated carbocycles. The molecule has 0 heterocycles. The van der Waals surface area contributed by atoms with Crippen molar-refractivity contribution < 1.29 is 13.5 Å². The van der Waals surface area contributed by atoms with E-state index in [1.54, 1.807) is 12.1 Å². The van der Waals surface area contributed by atoms with Crippen LogP contribution in [0.15, 0.2) is 29.2 Å². The van der Waals surface area contributed by atoms with Gasteiger partial charge in [-0.25, -0.2) is 0 Å². The SMILES string of the molecule is CCCOc1cccc(S(=O)[O-])c1. The number of hydrogen-bond donors (Lipinski definition) is 0. The van der Waals surface area contributed by atoms with E-state index in [1.165, 1.54) is 12.1 Å². The van der Waals surface area contributed by atoms with Gasteiger partial charge < -0.3 is 9.29 Å². The number of rotatable bonds is 4. The lowest BCUT2D eigenvalue weighted by Crippen LogP contribution is -1.96. The van der Waals surface area contributed by atoms with Crippen molar-refractivity contribution in [3.05, 3.63) is 24.3 Å². The fraction of sp³-hybridized carbons (Fsp3) is 0.333. The van der Waals surface area contributed by atoms with E-state index >= 15 is 0 Å². The zero-order valence-corrected chi connectivity index (χ0v) is 8.17. The van der Waals surface area contributed by atoms with Crippen LogP contribution in [0.1, 0.15) is 13.3 Å². The van der Waals surface area contributed by atoms with Crippen molar-refractivity contribution in [1.29, 1.82) is 0 Å². The molecule has 0 bridgehead atoms. The molecule has 0 aliphatic heterocycles. The van der Waals surface area contributed by atoms with Crippen molar-refractivity contribution in [1.82, 2.24) is 0 Å². The highest BCUT2D eigenvalue weighted by atomic mass is 32.2. The standard InChI is InChI=1S/C9H12O3S/c1-2-6-12-8-4-3-5-9(7-8)13(10)11/h3-5,7H,2,6H2,1H3,(H,10,11)/p-1. The van der Waals surface area contributed by atoms with Crippen molar-refractivity contribution in [2.75, 3.05) is 6.61 Å². The second-order valence-corrected chi connectivity index (χ2v) is 3.50. The first-order valence-corrected chi connectivity index (χ1v) is 5.13. The third-order valence-electron chi connectivity index (χ3n) is 1.47. The molecule has 1 atom stereocenters. The second kappa shape index (κ2) is 4.99. The van der Waals surface area contributed by atoms with Gasteiger partial charge in [0.05, 0.1) is 6.61 Å². The minimum atomic E-state index is -2.17. The quantitative estimate of drug-likeness (QED) is 0.693. The van der Waals surface area contributed by atoms with Gasteiger partial charge in [-0.05, 0) is 35.7 Å². The van der Waals surface area contributed by atoms with E-state index in [-0.39, 0.29) is 4.90 Å². The topological polar surface area (TPSA) is 49.4 Å². The fourth-order valence-electron chi connectivity index (χ4n) is 0.888. The van der Waals surface area contributed by atoms with E-state index in [2.05, 4.69) is 0 Å². The van der Waals surface area contributed by atoms with Gasteiger partial charge in [0.2, 0.25) is 0 Å². The second-order valence-electron chi connectivity index (χ2n) is 2.56. The minimum Gasteiger partial charge on any atom is -0.768 e. The molecule has 3 nitrogen and oxygen atoms in total. The third-order valence-corrected chi connectivity index (χ3v) is 2.11. The Kier molecular flexibility index (Phi) is 3.92. The number of benzene rings is 1. The van der Waals surface area contributed by atoms with Gasteiger partial charge in [0.15, 0.2) is 0 Å². The third kappa shape index (κ3) is 3.16. The van der Waals surface area contributed by atoms with Gasteiger partial charge in [-0.15, -0.1) is 0 Å². The van der Waals surface area contributed by atoms with Crippen LogP contribution < -0.4 is 4.74 Å². The molecule has 1 rings (SSSR count). The summed E-state index contributed by atoms with van der Waals surface area (Å²) in [6, 6.07) is 6.45. The zero-order valence-electron chi connectivity index (χ0n) is 7.36. The molecule has 0 aromatic heterocycles. The Bertz CT molecular complexity index is 299. The average molecular weight is 199 g/mol. The lowest BCUT2D eigenvalue weighted by atomic mass is 10.3. The van der Waals surface area contributed by atoms with Gasteiger partial charge in [0.25, 0.3) is 0 Å². The average Bonchev–Trinajstić information content (AvgIpc) is 2.15. The Balaban J connectivity index is 2.73. The van der Waals surface area contributed by atoms with Crippen molar-refractivity contribution in [3.8, 4) is 5.75 Å². The molecule has 1 unspecified atom stereocenters. The maximum Gasteiger partial charge on any atom is 0.120 e. The van der Waals surface area contributed by atoms with E-state index in [1.807, 2.05) is 6.92 Å². The van der Waals surface area contributed by atoms with Crippen LogP contribution in [0.4, 0.5) is 0 Å². The molecule has 4 heteroatoms. The van der Waals surface area contributed by atoms with Crippen LogP contribution in [0.3, 0.4) is 0 Å². The summed E-state index contributed by atoms with van der Waals surface area (Å²) in [5, 5.41) is 0. The minimum absolute atomic E-state index is 0.258. The van der Waals surface area contributed by atoms with Crippen molar-refractivity contribution in [2.24, 2.45) is 0 Å². The Morgan fingerprint density at radius 2 is 2.31 bits per heavy atom. The van der Waals surface area contributed by atoms with Crippen LogP contribution in [0.2, 0.25) is 0 Å². The zero-order chi connectivity index (χ0) is 9.68. The molecular formula is C9H11O3S-. The molecule has 0 saturated heterocycles. The number of ether oxygens (including phenoxy) is 1. The van der Waals surface area contributed by atoms with Crippen LogP contribution in [-0.4, -0.2) is 15.4 Å². The fourth-order valence-corrected chi connectivity index (χ4v) is 1.29. The largest absolute Gasteiger partial charge is 0.768 e. The lowest BCUT2D eigenvalue weighted by Gasteiger charge is -2.08. The van der Waals surface area contributed by atoms with Crippen LogP contribution in [-0.2, 0) is 11.1 Å². The summed E-state index contributed by atoms with van der Waals surface area (Å²) in [5.41, 5.74) is 0. The van der Waals surface area contributed by atoms with Gasteiger partial charge in [-0.1, -0.05) is 13.0 Å². The normalized spacial score (nSPS) is 12.5. The van der Waals surface area contributed by atoms with E-state index in [0.29, 0.717) is 12.4 Å². The summed E-state index contributed by atoms with van der Waals surface area (Å²) in [7, 11) is 0. The molecule has 0 N–H and O–H groups in total. The Morgan fingerprint density at radius 1 is 1.54 bits per heavy atom.